The summed E-state index contributed by atoms with van der Waals surface area (Å²) in [6.45, 7) is -0.0946. The summed E-state index contributed by atoms with van der Waals surface area (Å²) in [4.78, 5) is 0. The van der Waals surface area contributed by atoms with Crippen molar-refractivity contribution < 1.29 is 5.11 Å². The first-order chi connectivity index (χ1) is 6.22. The number of aliphatic hydroxyl groups excluding tert-OH is 1. The maximum atomic E-state index is 8.98. The Balaban J connectivity index is 2.42. The Hall–Kier alpha value is -0.240. The molecule has 13 heavy (non-hydrogen) atoms. The number of benzene rings is 1. The van der Waals surface area contributed by atoms with E-state index in [1.54, 1.807) is 0 Å². The molecule has 1 saturated carbocycles. The summed E-state index contributed by atoms with van der Waals surface area (Å²) < 4.78 is 0. The number of hydrogen-bond donors (Lipinski definition) is 1. The standard InChI is InChI=1S/C10H10Cl2O/c11-9-3-7(6-1-2-6)4-10(12)8(9)5-13/h3-4,6,13H,1-2,5H2. The second-order valence-electron chi connectivity index (χ2n) is 3.40. The van der Waals surface area contributed by atoms with Gasteiger partial charge in [-0.2, -0.15) is 0 Å². The molecule has 0 heterocycles. The van der Waals surface area contributed by atoms with Crippen LogP contribution in [0.3, 0.4) is 0 Å². The van der Waals surface area contributed by atoms with E-state index in [2.05, 4.69) is 0 Å². The van der Waals surface area contributed by atoms with Crippen LogP contribution in [0.25, 0.3) is 0 Å². The predicted octanol–water partition coefficient (Wildman–Crippen LogP) is 3.36. The normalized spacial score (nSPS) is 16.2. The molecule has 1 fully saturated rings. The summed E-state index contributed by atoms with van der Waals surface area (Å²) in [5.41, 5.74) is 1.83. The molecule has 1 aliphatic carbocycles. The van der Waals surface area contributed by atoms with Gasteiger partial charge in [0.1, 0.15) is 0 Å². The SMILES string of the molecule is OCc1c(Cl)cc(C2CC2)cc1Cl. The zero-order valence-electron chi connectivity index (χ0n) is 7.06. The lowest BCUT2D eigenvalue weighted by molar-refractivity contribution is 0.282. The van der Waals surface area contributed by atoms with E-state index in [9.17, 15) is 0 Å². The number of rotatable bonds is 2. The van der Waals surface area contributed by atoms with Crippen molar-refractivity contribution in [1.29, 1.82) is 0 Å². The fourth-order valence-corrected chi connectivity index (χ4v) is 2.05. The van der Waals surface area contributed by atoms with Gasteiger partial charge in [0.25, 0.3) is 0 Å². The van der Waals surface area contributed by atoms with Crippen LogP contribution in [0.15, 0.2) is 12.1 Å². The average molecular weight is 217 g/mol. The van der Waals surface area contributed by atoms with Crippen LogP contribution in [-0.4, -0.2) is 5.11 Å². The maximum absolute atomic E-state index is 8.98. The van der Waals surface area contributed by atoms with Crippen molar-refractivity contribution in [2.24, 2.45) is 0 Å². The average Bonchev–Trinajstić information content (AvgIpc) is 2.85. The van der Waals surface area contributed by atoms with Crippen molar-refractivity contribution in [2.75, 3.05) is 0 Å². The summed E-state index contributed by atoms with van der Waals surface area (Å²) in [7, 11) is 0. The fraction of sp³-hybridized carbons (Fsp3) is 0.400. The minimum atomic E-state index is -0.0946. The molecular weight excluding hydrogens is 207 g/mol. The van der Waals surface area contributed by atoms with Crippen LogP contribution in [-0.2, 0) is 6.61 Å². The highest BCUT2D eigenvalue weighted by Crippen LogP contribution is 2.42. The van der Waals surface area contributed by atoms with Gasteiger partial charge in [-0.3, -0.25) is 0 Å². The van der Waals surface area contributed by atoms with E-state index < -0.39 is 0 Å². The minimum absolute atomic E-state index is 0.0946. The summed E-state index contributed by atoms with van der Waals surface area (Å²) in [5.74, 6) is 0.641. The molecule has 1 nitrogen and oxygen atoms in total. The van der Waals surface area contributed by atoms with Crippen LogP contribution < -0.4 is 0 Å². The second-order valence-corrected chi connectivity index (χ2v) is 4.21. The van der Waals surface area contributed by atoms with E-state index in [0.29, 0.717) is 21.5 Å². The summed E-state index contributed by atoms with van der Waals surface area (Å²) >= 11 is 11.9. The molecule has 70 valence electrons. The monoisotopic (exact) mass is 216 g/mol. The molecule has 1 aromatic rings. The number of halogens is 2. The van der Waals surface area contributed by atoms with E-state index in [-0.39, 0.29) is 6.61 Å². The molecule has 0 spiro atoms. The molecule has 3 heteroatoms. The lowest BCUT2D eigenvalue weighted by Gasteiger charge is -2.06. The predicted molar refractivity (Wildman–Crippen MR) is 54.4 cm³/mol. The van der Waals surface area contributed by atoms with Gasteiger partial charge >= 0.3 is 0 Å². The third-order valence-electron chi connectivity index (χ3n) is 2.37. The number of aliphatic hydroxyl groups is 1. The van der Waals surface area contributed by atoms with Gasteiger partial charge in [-0.15, -0.1) is 0 Å². The first-order valence-electron chi connectivity index (χ1n) is 4.31. The topological polar surface area (TPSA) is 20.2 Å². The molecule has 0 amide bonds. The van der Waals surface area contributed by atoms with E-state index >= 15 is 0 Å². The van der Waals surface area contributed by atoms with Crippen LogP contribution >= 0.6 is 23.2 Å². The van der Waals surface area contributed by atoms with Gasteiger partial charge in [0.2, 0.25) is 0 Å². The first kappa shape index (κ1) is 9.32. The highest BCUT2D eigenvalue weighted by atomic mass is 35.5. The van der Waals surface area contributed by atoms with Crippen molar-refractivity contribution in [3.8, 4) is 0 Å². The Labute approximate surface area is 87.3 Å². The third kappa shape index (κ3) is 1.83. The molecule has 2 rings (SSSR count). The van der Waals surface area contributed by atoms with Crippen LogP contribution in [0.5, 0.6) is 0 Å². The minimum Gasteiger partial charge on any atom is -0.392 e. The quantitative estimate of drug-likeness (QED) is 0.805. The molecule has 0 saturated heterocycles. The van der Waals surface area contributed by atoms with E-state index in [0.717, 1.165) is 0 Å². The van der Waals surface area contributed by atoms with Gasteiger partial charge in [0.15, 0.2) is 0 Å². The summed E-state index contributed by atoms with van der Waals surface area (Å²) in [6.07, 6.45) is 2.45. The Morgan fingerprint density at radius 3 is 2.15 bits per heavy atom. The fourth-order valence-electron chi connectivity index (χ4n) is 1.43. The van der Waals surface area contributed by atoms with Gasteiger partial charge in [-0.25, -0.2) is 0 Å². The molecule has 0 bridgehead atoms. The first-order valence-corrected chi connectivity index (χ1v) is 5.06. The Morgan fingerprint density at radius 2 is 1.77 bits per heavy atom. The summed E-state index contributed by atoms with van der Waals surface area (Å²) in [6, 6.07) is 3.83. The summed E-state index contributed by atoms with van der Waals surface area (Å²) in [5, 5.41) is 10.1. The van der Waals surface area contributed by atoms with Crippen molar-refractivity contribution in [2.45, 2.75) is 25.4 Å². The largest absolute Gasteiger partial charge is 0.392 e. The molecule has 1 aromatic carbocycles. The molecule has 0 aromatic heterocycles. The molecule has 0 unspecified atom stereocenters. The molecule has 1 aliphatic rings. The lowest BCUT2D eigenvalue weighted by atomic mass is 10.1. The van der Waals surface area contributed by atoms with Crippen molar-refractivity contribution in [1.82, 2.24) is 0 Å². The van der Waals surface area contributed by atoms with Crippen LogP contribution in [0.1, 0.15) is 29.9 Å². The second kappa shape index (κ2) is 3.49. The van der Waals surface area contributed by atoms with Gasteiger partial charge in [-0.05, 0) is 36.5 Å². The van der Waals surface area contributed by atoms with Crippen molar-refractivity contribution in [3.63, 3.8) is 0 Å². The molecule has 0 radical (unpaired) electrons. The van der Waals surface area contributed by atoms with Gasteiger partial charge < -0.3 is 5.11 Å². The van der Waals surface area contributed by atoms with E-state index in [1.807, 2.05) is 12.1 Å². The Bertz CT molecular complexity index is 309. The maximum Gasteiger partial charge on any atom is 0.0711 e. The molecular formula is C10H10Cl2O. The highest BCUT2D eigenvalue weighted by Gasteiger charge is 2.24. The zero-order valence-corrected chi connectivity index (χ0v) is 8.57. The van der Waals surface area contributed by atoms with Crippen molar-refractivity contribution >= 4 is 23.2 Å². The smallest absolute Gasteiger partial charge is 0.0711 e. The van der Waals surface area contributed by atoms with Crippen LogP contribution in [0, 0.1) is 0 Å². The molecule has 0 aliphatic heterocycles. The molecule has 1 N–H and O–H groups in total. The van der Waals surface area contributed by atoms with Crippen LogP contribution in [0.2, 0.25) is 10.0 Å². The Kier molecular flexibility index (Phi) is 2.50. The molecule has 0 atom stereocenters. The Morgan fingerprint density at radius 1 is 1.23 bits per heavy atom. The van der Waals surface area contributed by atoms with Crippen LogP contribution in [0.4, 0.5) is 0 Å². The van der Waals surface area contributed by atoms with Gasteiger partial charge in [-0.1, -0.05) is 23.2 Å². The van der Waals surface area contributed by atoms with E-state index in [1.165, 1.54) is 18.4 Å². The zero-order chi connectivity index (χ0) is 9.42. The lowest BCUT2D eigenvalue weighted by Crippen LogP contribution is -1.89. The number of hydrogen-bond acceptors (Lipinski definition) is 1. The van der Waals surface area contributed by atoms with Gasteiger partial charge in [0.05, 0.1) is 6.61 Å². The van der Waals surface area contributed by atoms with Gasteiger partial charge in [0, 0.05) is 15.6 Å². The third-order valence-corrected chi connectivity index (χ3v) is 3.04. The van der Waals surface area contributed by atoms with E-state index in [4.69, 9.17) is 28.3 Å². The van der Waals surface area contributed by atoms with Crippen molar-refractivity contribution in [3.05, 3.63) is 33.3 Å². The highest BCUT2D eigenvalue weighted by molar-refractivity contribution is 6.36.